The first-order valence-electron chi connectivity index (χ1n) is 10.5. The number of alkyl carbamates (subject to hydrolysis) is 1. The van der Waals surface area contributed by atoms with E-state index in [-0.39, 0.29) is 19.1 Å². The minimum absolute atomic E-state index is 0.0747. The second kappa shape index (κ2) is 10.7. The predicted octanol–water partition coefficient (Wildman–Crippen LogP) is 2.48. The highest BCUT2D eigenvalue weighted by Gasteiger charge is 2.33. The quantitative estimate of drug-likeness (QED) is 0.569. The molecule has 0 bridgehead atoms. The molecule has 2 amide bonds. The lowest BCUT2D eigenvalue weighted by Crippen LogP contribution is -2.55. The van der Waals surface area contributed by atoms with Crippen molar-refractivity contribution in [1.82, 2.24) is 10.2 Å². The van der Waals surface area contributed by atoms with Crippen LogP contribution in [0.3, 0.4) is 0 Å². The van der Waals surface area contributed by atoms with Crippen LogP contribution in [0.2, 0.25) is 0 Å². The first kappa shape index (κ1) is 23.8. The molecule has 0 aliphatic heterocycles. The van der Waals surface area contributed by atoms with Crippen LogP contribution in [-0.4, -0.2) is 66.9 Å². The van der Waals surface area contributed by atoms with Crippen molar-refractivity contribution in [3.05, 3.63) is 59.7 Å². The number of ether oxygens (including phenoxy) is 2. The van der Waals surface area contributed by atoms with Crippen LogP contribution in [0.4, 0.5) is 4.79 Å². The summed E-state index contributed by atoms with van der Waals surface area (Å²) in [7, 11) is 1.38. The maximum absolute atomic E-state index is 12.9. The predicted molar refractivity (Wildman–Crippen MR) is 122 cm³/mol. The Bertz CT molecular complexity index is 1030. The Hall–Kier alpha value is -3.83. The molecule has 33 heavy (non-hydrogen) atoms. The summed E-state index contributed by atoms with van der Waals surface area (Å²) in [5.74, 6) is 0.233. The van der Waals surface area contributed by atoms with Crippen molar-refractivity contribution in [3.8, 4) is 23.5 Å². The molecule has 0 saturated carbocycles. The summed E-state index contributed by atoms with van der Waals surface area (Å²) in [6.07, 6.45) is 3.71. The van der Waals surface area contributed by atoms with Gasteiger partial charge in [-0.15, -0.1) is 6.42 Å². The first-order chi connectivity index (χ1) is 15.9. The standard InChI is InChI=1S/C25H26N2O6/c1-4-13-27(14-22(28)29)24(30)23(16(2)32-3)26-25(31)33-15-21-19-11-7-5-9-17(19)18-10-6-8-12-20(18)21/h1,5-12,16,21,23H,13-15H2,2-3H3,(H,26,31)(H,28,29)/t16-,23+/m1/s1. The van der Waals surface area contributed by atoms with Crippen LogP contribution < -0.4 is 5.32 Å². The zero-order valence-electron chi connectivity index (χ0n) is 18.5. The van der Waals surface area contributed by atoms with E-state index in [4.69, 9.17) is 21.0 Å². The third-order valence-corrected chi connectivity index (χ3v) is 5.64. The zero-order valence-corrected chi connectivity index (χ0v) is 18.5. The number of methoxy groups -OCH3 is 1. The number of aliphatic carboxylic acids is 1. The molecule has 3 rings (SSSR count). The summed E-state index contributed by atoms with van der Waals surface area (Å²) in [4.78, 5) is 37.6. The van der Waals surface area contributed by atoms with Gasteiger partial charge in [0, 0.05) is 13.0 Å². The van der Waals surface area contributed by atoms with Crippen LogP contribution >= 0.6 is 0 Å². The fraction of sp³-hybridized carbons (Fsp3) is 0.320. The average molecular weight is 450 g/mol. The van der Waals surface area contributed by atoms with Crippen LogP contribution in [-0.2, 0) is 19.1 Å². The topological polar surface area (TPSA) is 105 Å². The Labute approximate surface area is 192 Å². The van der Waals surface area contributed by atoms with Gasteiger partial charge in [-0.05, 0) is 29.2 Å². The number of hydrogen-bond donors (Lipinski definition) is 2. The van der Waals surface area contributed by atoms with Crippen molar-refractivity contribution in [1.29, 1.82) is 0 Å². The van der Waals surface area contributed by atoms with Crippen molar-refractivity contribution in [2.75, 3.05) is 26.8 Å². The van der Waals surface area contributed by atoms with Crippen molar-refractivity contribution in [3.63, 3.8) is 0 Å². The summed E-state index contributed by atoms with van der Waals surface area (Å²) in [5.41, 5.74) is 4.32. The molecule has 1 aliphatic carbocycles. The van der Waals surface area contributed by atoms with E-state index in [0.29, 0.717) is 0 Å². The fourth-order valence-electron chi connectivity index (χ4n) is 3.96. The van der Waals surface area contributed by atoms with Crippen LogP contribution in [0.5, 0.6) is 0 Å². The van der Waals surface area contributed by atoms with Gasteiger partial charge in [-0.3, -0.25) is 9.59 Å². The Morgan fingerprint density at radius 3 is 2.21 bits per heavy atom. The van der Waals surface area contributed by atoms with Gasteiger partial charge in [0.1, 0.15) is 19.2 Å². The summed E-state index contributed by atoms with van der Waals surface area (Å²) in [6.45, 7) is 0.846. The van der Waals surface area contributed by atoms with Crippen LogP contribution in [0.25, 0.3) is 11.1 Å². The SMILES string of the molecule is C#CCN(CC(=O)O)C(=O)[C@@H](NC(=O)OCC1c2ccccc2-c2ccccc21)[C@@H](C)OC. The number of nitrogens with one attached hydrogen (secondary N) is 1. The highest BCUT2D eigenvalue weighted by molar-refractivity contribution is 5.89. The molecule has 0 radical (unpaired) electrons. The molecule has 8 nitrogen and oxygen atoms in total. The lowest BCUT2D eigenvalue weighted by molar-refractivity contribution is -0.146. The molecule has 8 heteroatoms. The molecule has 2 aromatic rings. The molecule has 0 fully saturated rings. The molecule has 172 valence electrons. The molecular weight excluding hydrogens is 424 g/mol. The maximum atomic E-state index is 12.9. The van der Waals surface area contributed by atoms with Gasteiger partial charge < -0.3 is 24.8 Å². The summed E-state index contributed by atoms with van der Waals surface area (Å²) in [6, 6.07) is 14.7. The number of terminal acetylenes is 1. The number of rotatable bonds is 9. The summed E-state index contributed by atoms with van der Waals surface area (Å²) < 4.78 is 10.7. The third-order valence-electron chi connectivity index (χ3n) is 5.64. The number of amides is 2. The van der Waals surface area contributed by atoms with Crippen molar-refractivity contribution in [2.24, 2.45) is 0 Å². The molecule has 2 atom stereocenters. The molecule has 2 aromatic carbocycles. The Balaban J connectivity index is 1.72. The number of benzene rings is 2. The van der Waals surface area contributed by atoms with Crippen LogP contribution in [0, 0.1) is 12.3 Å². The molecule has 0 unspecified atom stereocenters. The number of nitrogens with zero attached hydrogens (tertiary/aromatic N) is 1. The maximum Gasteiger partial charge on any atom is 0.407 e. The van der Waals surface area contributed by atoms with E-state index in [0.717, 1.165) is 27.2 Å². The molecule has 0 heterocycles. The number of carboxylic acids is 1. The second-order valence-corrected chi connectivity index (χ2v) is 7.68. The normalized spacial score (nSPS) is 13.7. The third kappa shape index (κ3) is 5.33. The van der Waals surface area contributed by atoms with Gasteiger partial charge in [-0.2, -0.15) is 0 Å². The van der Waals surface area contributed by atoms with Gasteiger partial charge in [0.2, 0.25) is 5.91 Å². The summed E-state index contributed by atoms with van der Waals surface area (Å²) in [5, 5.41) is 11.6. The summed E-state index contributed by atoms with van der Waals surface area (Å²) >= 11 is 0. The van der Waals surface area contributed by atoms with Gasteiger partial charge >= 0.3 is 12.1 Å². The number of carbonyl (C=O) groups is 3. The van der Waals surface area contributed by atoms with Crippen LogP contribution in [0.1, 0.15) is 24.0 Å². The van der Waals surface area contributed by atoms with E-state index in [1.807, 2.05) is 48.5 Å². The highest BCUT2D eigenvalue weighted by atomic mass is 16.5. The molecule has 0 saturated heterocycles. The van der Waals surface area contributed by atoms with E-state index in [1.54, 1.807) is 6.92 Å². The van der Waals surface area contributed by atoms with E-state index >= 15 is 0 Å². The minimum Gasteiger partial charge on any atom is -0.480 e. The van der Waals surface area contributed by atoms with Gasteiger partial charge in [-0.25, -0.2) is 4.79 Å². The zero-order chi connectivity index (χ0) is 24.0. The molecule has 1 aliphatic rings. The minimum atomic E-state index is -1.22. The molecular formula is C25H26N2O6. The van der Waals surface area contributed by atoms with Gasteiger partial charge in [0.15, 0.2) is 0 Å². The number of carboxylic acid groups (broad SMARTS) is 1. The number of carbonyl (C=O) groups excluding carboxylic acids is 2. The van der Waals surface area contributed by atoms with Crippen molar-refractivity contribution in [2.45, 2.75) is 25.0 Å². The monoisotopic (exact) mass is 450 g/mol. The van der Waals surface area contributed by atoms with E-state index < -0.39 is 36.7 Å². The van der Waals surface area contributed by atoms with Crippen molar-refractivity contribution < 1.29 is 29.0 Å². The van der Waals surface area contributed by atoms with Crippen molar-refractivity contribution >= 4 is 18.0 Å². The van der Waals surface area contributed by atoms with E-state index in [1.165, 1.54) is 7.11 Å². The largest absolute Gasteiger partial charge is 0.480 e. The van der Waals surface area contributed by atoms with E-state index in [9.17, 15) is 14.4 Å². The average Bonchev–Trinajstić information content (AvgIpc) is 3.13. The molecule has 2 N–H and O–H groups in total. The van der Waals surface area contributed by atoms with Crippen LogP contribution in [0.15, 0.2) is 48.5 Å². The molecule has 0 aromatic heterocycles. The number of fused-ring (bicyclic) bond motifs is 3. The first-order valence-corrected chi connectivity index (χ1v) is 10.5. The van der Waals surface area contributed by atoms with E-state index in [2.05, 4.69) is 11.2 Å². The Morgan fingerprint density at radius 1 is 1.12 bits per heavy atom. The Kier molecular flexibility index (Phi) is 7.70. The highest BCUT2D eigenvalue weighted by Crippen LogP contribution is 2.44. The molecule has 0 spiro atoms. The van der Waals surface area contributed by atoms with Gasteiger partial charge in [0.05, 0.1) is 12.6 Å². The Morgan fingerprint density at radius 2 is 1.70 bits per heavy atom. The van der Waals surface area contributed by atoms with Gasteiger partial charge in [0.25, 0.3) is 0 Å². The second-order valence-electron chi connectivity index (χ2n) is 7.68. The number of hydrogen-bond acceptors (Lipinski definition) is 5. The smallest absolute Gasteiger partial charge is 0.407 e. The van der Waals surface area contributed by atoms with Gasteiger partial charge in [-0.1, -0.05) is 54.5 Å². The lowest BCUT2D eigenvalue weighted by atomic mass is 9.98. The lowest BCUT2D eigenvalue weighted by Gasteiger charge is -2.28. The fourth-order valence-corrected chi connectivity index (χ4v) is 3.96.